The third-order valence-corrected chi connectivity index (χ3v) is 6.16. The van der Waals surface area contributed by atoms with Crippen LogP contribution in [0.25, 0.3) is 0 Å². The van der Waals surface area contributed by atoms with Crippen molar-refractivity contribution in [3.63, 3.8) is 0 Å². The Morgan fingerprint density at radius 3 is 2.68 bits per heavy atom. The maximum absolute atomic E-state index is 12.3. The second kappa shape index (κ2) is 9.77. The summed E-state index contributed by atoms with van der Waals surface area (Å²) in [6, 6.07) is 13.1. The minimum Gasteiger partial charge on any atom is -0.493 e. The van der Waals surface area contributed by atoms with E-state index in [-0.39, 0.29) is 12.3 Å². The molecule has 146 valence electrons. The molecule has 1 N–H and O–H groups in total. The first-order valence-electron chi connectivity index (χ1n) is 8.29. The molecule has 6 nitrogen and oxygen atoms in total. The van der Waals surface area contributed by atoms with Gasteiger partial charge in [0.25, 0.3) is 0 Å². The number of aromatic nitrogens is 2. The van der Waals surface area contributed by atoms with Gasteiger partial charge in [-0.15, -0.1) is 10.2 Å². The molecule has 0 saturated carbocycles. The number of hydrogen-bond acceptors (Lipinski definition) is 7. The van der Waals surface area contributed by atoms with Gasteiger partial charge in [-0.05, 0) is 29.3 Å². The lowest BCUT2D eigenvalue weighted by Gasteiger charge is -2.09. The molecule has 0 spiro atoms. The van der Waals surface area contributed by atoms with Crippen molar-refractivity contribution in [2.45, 2.75) is 16.5 Å². The molecule has 0 bridgehead atoms. The largest absolute Gasteiger partial charge is 0.493 e. The number of halogens is 1. The molecule has 0 aliphatic carbocycles. The number of anilines is 1. The summed E-state index contributed by atoms with van der Waals surface area (Å²) in [5.74, 6) is 1.72. The van der Waals surface area contributed by atoms with Crippen LogP contribution in [0.5, 0.6) is 11.5 Å². The number of hydrogen-bond donors (Lipinski definition) is 1. The Hall–Kier alpha value is -2.29. The van der Waals surface area contributed by atoms with Gasteiger partial charge in [0.1, 0.15) is 0 Å². The number of amides is 1. The molecule has 1 amide bonds. The van der Waals surface area contributed by atoms with Crippen molar-refractivity contribution < 1.29 is 14.3 Å². The maximum atomic E-state index is 12.3. The van der Waals surface area contributed by atoms with Gasteiger partial charge in [0, 0.05) is 10.8 Å². The number of carbonyl (C=O) groups is 1. The predicted molar refractivity (Wildman–Crippen MR) is 113 cm³/mol. The molecule has 0 fully saturated rings. The van der Waals surface area contributed by atoms with Crippen molar-refractivity contribution in [1.82, 2.24) is 10.2 Å². The number of benzene rings is 2. The Balaban J connectivity index is 1.56. The fraction of sp³-hybridized carbons (Fsp3) is 0.211. The van der Waals surface area contributed by atoms with Crippen LogP contribution >= 0.6 is 34.7 Å². The minimum absolute atomic E-state index is 0.175. The average Bonchev–Trinajstić information content (AvgIpc) is 3.14. The average molecular weight is 436 g/mol. The van der Waals surface area contributed by atoms with E-state index in [2.05, 4.69) is 15.5 Å². The third kappa shape index (κ3) is 5.37. The normalized spacial score (nSPS) is 10.5. The number of thioether (sulfide) groups is 1. The minimum atomic E-state index is -0.175. The molecule has 0 aliphatic rings. The van der Waals surface area contributed by atoms with E-state index in [1.54, 1.807) is 26.4 Å². The van der Waals surface area contributed by atoms with Gasteiger partial charge >= 0.3 is 0 Å². The van der Waals surface area contributed by atoms with Gasteiger partial charge in [0.15, 0.2) is 15.8 Å². The zero-order valence-electron chi connectivity index (χ0n) is 15.3. The standard InChI is InChI=1S/C19H18ClN3O3S2/c1-25-15-8-7-12(9-16(15)26-2)10-17(24)21-18-22-23-19(28-18)27-11-13-5-3-4-6-14(13)20/h3-9H,10-11H2,1-2H3,(H,21,22,24). The summed E-state index contributed by atoms with van der Waals surface area (Å²) in [4.78, 5) is 12.3. The highest BCUT2D eigenvalue weighted by atomic mass is 35.5. The SMILES string of the molecule is COc1ccc(CC(=O)Nc2nnc(SCc3ccccc3Cl)s2)cc1OC. The van der Waals surface area contributed by atoms with Gasteiger partial charge in [-0.2, -0.15) is 0 Å². The fourth-order valence-electron chi connectivity index (χ4n) is 2.41. The predicted octanol–water partition coefficient (Wildman–Crippen LogP) is 4.68. The van der Waals surface area contributed by atoms with E-state index in [0.717, 1.165) is 20.5 Å². The molecule has 0 atom stereocenters. The molecule has 0 radical (unpaired) electrons. The van der Waals surface area contributed by atoms with E-state index in [4.69, 9.17) is 21.1 Å². The summed E-state index contributed by atoms with van der Waals surface area (Å²) >= 11 is 9.02. The zero-order chi connectivity index (χ0) is 19.9. The van der Waals surface area contributed by atoms with Crippen molar-refractivity contribution in [2.24, 2.45) is 0 Å². The second-order valence-electron chi connectivity index (χ2n) is 5.67. The van der Waals surface area contributed by atoms with Crippen LogP contribution in [0.3, 0.4) is 0 Å². The monoisotopic (exact) mass is 435 g/mol. The van der Waals surface area contributed by atoms with Crippen LogP contribution in [0.1, 0.15) is 11.1 Å². The fourth-order valence-corrected chi connectivity index (χ4v) is 4.47. The number of nitrogens with zero attached hydrogens (tertiary/aromatic N) is 2. The van der Waals surface area contributed by atoms with Gasteiger partial charge < -0.3 is 14.8 Å². The zero-order valence-corrected chi connectivity index (χ0v) is 17.7. The molecule has 0 saturated heterocycles. The van der Waals surface area contributed by atoms with Crippen LogP contribution in [0.2, 0.25) is 5.02 Å². The molecule has 9 heteroatoms. The van der Waals surface area contributed by atoms with Crippen molar-refractivity contribution in [2.75, 3.05) is 19.5 Å². The Kier molecular flexibility index (Phi) is 7.13. The summed E-state index contributed by atoms with van der Waals surface area (Å²) < 4.78 is 11.2. The van der Waals surface area contributed by atoms with Crippen molar-refractivity contribution in [3.8, 4) is 11.5 Å². The summed E-state index contributed by atoms with van der Waals surface area (Å²) in [7, 11) is 3.13. The third-order valence-electron chi connectivity index (χ3n) is 3.77. The van der Waals surface area contributed by atoms with Gasteiger partial charge in [-0.1, -0.05) is 59.0 Å². The maximum Gasteiger partial charge on any atom is 0.230 e. The van der Waals surface area contributed by atoms with Crippen LogP contribution < -0.4 is 14.8 Å². The molecule has 28 heavy (non-hydrogen) atoms. The molecule has 0 unspecified atom stereocenters. The van der Waals surface area contributed by atoms with Crippen molar-refractivity contribution >= 4 is 45.7 Å². The topological polar surface area (TPSA) is 73.3 Å². The number of carbonyl (C=O) groups excluding carboxylic acids is 1. The number of nitrogens with one attached hydrogen (secondary N) is 1. The second-order valence-corrected chi connectivity index (χ2v) is 8.27. The highest BCUT2D eigenvalue weighted by Gasteiger charge is 2.12. The van der Waals surface area contributed by atoms with Gasteiger partial charge in [-0.3, -0.25) is 4.79 Å². The molecular formula is C19H18ClN3O3S2. The lowest BCUT2D eigenvalue weighted by Crippen LogP contribution is -2.14. The first-order chi connectivity index (χ1) is 13.6. The van der Waals surface area contributed by atoms with Crippen molar-refractivity contribution in [1.29, 1.82) is 0 Å². The van der Waals surface area contributed by atoms with E-state index >= 15 is 0 Å². The van der Waals surface area contributed by atoms with E-state index in [1.807, 2.05) is 30.3 Å². The highest BCUT2D eigenvalue weighted by molar-refractivity contribution is 8.00. The number of methoxy groups -OCH3 is 2. The number of rotatable bonds is 8. The molecule has 1 aromatic heterocycles. The molecule has 3 aromatic rings. The lowest BCUT2D eigenvalue weighted by molar-refractivity contribution is -0.115. The quantitative estimate of drug-likeness (QED) is 0.409. The van der Waals surface area contributed by atoms with Gasteiger partial charge in [-0.25, -0.2) is 0 Å². The van der Waals surface area contributed by atoms with Crippen LogP contribution in [0.15, 0.2) is 46.8 Å². The Labute approximate surface area is 176 Å². The molecule has 0 aliphatic heterocycles. The Morgan fingerprint density at radius 1 is 1.14 bits per heavy atom. The summed E-state index contributed by atoms with van der Waals surface area (Å²) in [6.07, 6.45) is 0.196. The summed E-state index contributed by atoms with van der Waals surface area (Å²) in [6.45, 7) is 0. The first kappa shape index (κ1) is 20.4. The van der Waals surface area contributed by atoms with E-state index < -0.39 is 0 Å². The lowest BCUT2D eigenvalue weighted by atomic mass is 10.1. The van der Waals surface area contributed by atoms with Crippen LogP contribution in [-0.2, 0) is 17.0 Å². The van der Waals surface area contributed by atoms with Crippen LogP contribution in [0, 0.1) is 0 Å². The molecule has 3 rings (SSSR count). The Bertz CT molecular complexity index is 965. The Morgan fingerprint density at radius 2 is 1.93 bits per heavy atom. The van der Waals surface area contributed by atoms with E-state index in [1.165, 1.54) is 23.1 Å². The van der Waals surface area contributed by atoms with Crippen molar-refractivity contribution in [3.05, 3.63) is 58.6 Å². The highest BCUT2D eigenvalue weighted by Crippen LogP contribution is 2.31. The summed E-state index contributed by atoms with van der Waals surface area (Å²) in [5, 5.41) is 12.1. The molecule has 2 aromatic carbocycles. The smallest absolute Gasteiger partial charge is 0.230 e. The number of ether oxygens (including phenoxy) is 2. The van der Waals surface area contributed by atoms with Crippen LogP contribution in [0.4, 0.5) is 5.13 Å². The summed E-state index contributed by atoms with van der Waals surface area (Å²) in [5.41, 5.74) is 1.84. The van der Waals surface area contributed by atoms with Gasteiger partial charge in [0.05, 0.1) is 20.6 Å². The van der Waals surface area contributed by atoms with E-state index in [9.17, 15) is 4.79 Å². The van der Waals surface area contributed by atoms with E-state index in [0.29, 0.717) is 22.4 Å². The molecule has 1 heterocycles. The van der Waals surface area contributed by atoms with Crippen LogP contribution in [-0.4, -0.2) is 30.3 Å². The first-order valence-corrected chi connectivity index (χ1v) is 10.5. The molecular weight excluding hydrogens is 418 g/mol. The van der Waals surface area contributed by atoms with Gasteiger partial charge in [0.2, 0.25) is 11.0 Å².